The summed E-state index contributed by atoms with van der Waals surface area (Å²) < 4.78 is 0.996. The highest BCUT2D eigenvalue weighted by Gasteiger charge is 1.92. The monoisotopic (exact) mass is 265 g/mol. The van der Waals surface area contributed by atoms with E-state index in [0.29, 0.717) is 6.54 Å². The van der Waals surface area contributed by atoms with Gasteiger partial charge in [0, 0.05) is 17.1 Å². The molecule has 0 aliphatic carbocycles. The van der Waals surface area contributed by atoms with Gasteiger partial charge < -0.3 is 5.32 Å². The Balaban J connectivity index is 2.57. The van der Waals surface area contributed by atoms with E-state index in [-0.39, 0.29) is 5.91 Å². The maximum absolute atomic E-state index is 11.2. The van der Waals surface area contributed by atoms with Crippen molar-refractivity contribution in [3.05, 3.63) is 53.0 Å². The van der Waals surface area contributed by atoms with Gasteiger partial charge >= 0.3 is 0 Å². The molecule has 1 amide bonds. The molecule has 0 unspecified atom stereocenters. The standard InChI is InChI=1S/C12H12BrNO/c1-2-8-14-12(15)7-6-10-4-3-5-11(13)9-10/h2-7,9H,1,8H2,(H,14,15)/b7-6+. The quantitative estimate of drug-likeness (QED) is 0.659. The second-order valence-electron chi connectivity index (χ2n) is 2.92. The number of carbonyl (C=O) groups is 1. The van der Waals surface area contributed by atoms with E-state index in [0.717, 1.165) is 10.0 Å². The van der Waals surface area contributed by atoms with E-state index in [1.807, 2.05) is 24.3 Å². The summed E-state index contributed by atoms with van der Waals surface area (Å²) >= 11 is 3.36. The van der Waals surface area contributed by atoms with Crippen LogP contribution in [0.3, 0.4) is 0 Å². The van der Waals surface area contributed by atoms with Crippen molar-refractivity contribution >= 4 is 27.9 Å². The molecule has 0 bridgehead atoms. The highest BCUT2D eigenvalue weighted by molar-refractivity contribution is 9.10. The van der Waals surface area contributed by atoms with Gasteiger partial charge in [-0.25, -0.2) is 0 Å². The zero-order valence-electron chi connectivity index (χ0n) is 8.24. The predicted molar refractivity (Wildman–Crippen MR) is 66.4 cm³/mol. The minimum Gasteiger partial charge on any atom is -0.349 e. The molecular weight excluding hydrogens is 254 g/mol. The van der Waals surface area contributed by atoms with Gasteiger partial charge in [-0.1, -0.05) is 34.1 Å². The zero-order chi connectivity index (χ0) is 11.1. The van der Waals surface area contributed by atoms with Crippen LogP contribution in [0.2, 0.25) is 0 Å². The summed E-state index contributed by atoms with van der Waals surface area (Å²) in [7, 11) is 0. The minimum absolute atomic E-state index is 0.116. The average Bonchev–Trinajstić information content (AvgIpc) is 2.23. The summed E-state index contributed by atoms with van der Waals surface area (Å²) in [5, 5.41) is 2.66. The van der Waals surface area contributed by atoms with E-state index in [1.54, 1.807) is 12.2 Å². The molecule has 1 N–H and O–H groups in total. The Morgan fingerprint density at radius 2 is 2.33 bits per heavy atom. The highest BCUT2D eigenvalue weighted by atomic mass is 79.9. The first-order valence-electron chi connectivity index (χ1n) is 4.55. The largest absolute Gasteiger partial charge is 0.349 e. The van der Waals surface area contributed by atoms with Gasteiger partial charge in [0.15, 0.2) is 0 Å². The molecule has 1 aromatic rings. The van der Waals surface area contributed by atoms with Crippen LogP contribution in [0.1, 0.15) is 5.56 Å². The summed E-state index contributed by atoms with van der Waals surface area (Å²) in [4.78, 5) is 11.2. The van der Waals surface area contributed by atoms with Crippen LogP contribution in [0.4, 0.5) is 0 Å². The van der Waals surface area contributed by atoms with Crippen LogP contribution in [0.25, 0.3) is 6.08 Å². The molecular formula is C12H12BrNO. The fourth-order valence-electron chi connectivity index (χ4n) is 1.01. The first kappa shape index (κ1) is 11.7. The van der Waals surface area contributed by atoms with Crippen molar-refractivity contribution in [2.45, 2.75) is 0 Å². The summed E-state index contributed by atoms with van der Waals surface area (Å²) in [6.07, 6.45) is 4.92. The molecule has 0 radical (unpaired) electrons. The van der Waals surface area contributed by atoms with Gasteiger partial charge in [0.1, 0.15) is 0 Å². The van der Waals surface area contributed by atoms with Gasteiger partial charge in [-0.15, -0.1) is 6.58 Å². The lowest BCUT2D eigenvalue weighted by Gasteiger charge is -1.96. The second kappa shape index (κ2) is 6.19. The van der Waals surface area contributed by atoms with Crippen molar-refractivity contribution in [1.82, 2.24) is 5.32 Å². The van der Waals surface area contributed by atoms with Crippen molar-refractivity contribution in [3.8, 4) is 0 Å². The minimum atomic E-state index is -0.116. The maximum atomic E-state index is 11.2. The lowest BCUT2D eigenvalue weighted by molar-refractivity contribution is -0.116. The third-order valence-electron chi connectivity index (χ3n) is 1.70. The van der Waals surface area contributed by atoms with Crippen LogP contribution in [0.15, 0.2) is 47.5 Å². The molecule has 0 fully saturated rings. The Morgan fingerprint density at radius 1 is 1.53 bits per heavy atom. The lowest BCUT2D eigenvalue weighted by atomic mass is 10.2. The fraction of sp³-hybridized carbons (Fsp3) is 0.0833. The topological polar surface area (TPSA) is 29.1 Å². The first-order chi connectivity index (χ1) is 7.22. The van der Waals surface area contributed by atoms with Gasteiger partial charge in [-0.05, 0) is 23.8 Å². The Kier molecular flexibility index (Phi) is 4.84. The van der Waals surface area contributed by atoms with Crippen LogP contribution in [-0.4, -0.2) is 12.5 Å². The lowest BCUT2D eigenvalue weighted by Crippen LogP contribution is -2.20. The summed E-state index contributed by atoms with van der Waals surface area (Å²) in [6.45, 7) is 4.01. The third kappa shape index (κ3) is 4.61. The molecule has 0 aliphatic rings. The maximum Gasteiger partial charge on any atom is 0.244 e. The molecule has 78 valence electrons. The number of halogens is 1. The molecule has 3 heteroatoms. The molecule has 0 atom stereocenters. The Labute approximate surface area is 97.8 Å². The number of nitrogens with one attached hydrogen (secondary N) is 1. The molecule has 0 aromatic heterocycles. The van der Waals surface area contributed by atoms with Gasteiger partial charge in [0.2, 0.25) is 5.91 Å². The van der Waals surface area contributed by atoms with Gasteiger partial charge in [-0.3, -0.25) is 4.79 Å². The van der Waals surface area contributed by atoms with Gasteiger partial charge in [0.05, 0.1) is 0 Å². The molecule has 0 aliphatic heterocycles. The number of carbonyl (C=O) groups excluding carboxylic acids is 1. The third-order valence-corrected chi connectivity index (χ3v) is 2.19. The molecule has 0 spiro atoms. The van der Waals surface area contributed by atoms with Crippen LogP contribution in [0.5, 0.6) is 0 Å². The molecule has 0 saturated heterocycles. The van der Waals surface area contributed by atoms with E-state index >= 15 is 0 Å². The van der Waals surface area contributed by atoms with Crippen LogP contribution < -0.4 is 5.32 Å². The van der Waals surface area contributed by atoms with E-state index in [2.05, 4.69) is 27.8 Å². The molecule has 2 nitrogen and oxygen atoms in total. The normalized spacial score (nSPS) is 10.2. The zero-order valence-corrected chi connectivity index (χ0v) is 9.83. The van der Waals surface area contributed by atoms with Crippen LogP contribution >= 0.6 is 15.9 Å². The van der Waals surface area contributed by atoms with Crippen molar-refractivity contribution in [2.75, 3.05) is 6.54 Å². The number of hydrogen-bond acceptors (Lipinski definition) is 1. The summed E-state index contributed by atoms with van der Waals surface area (Å²) in [5.41, 5.74) is 0.984. The number of rotatable bonds is 4. The van der Waals surface area contributed by atoms with Crippen molar-refractivity contribution in [1.29, 1.82) is 0 Å². The van der Waals surface area contributed by atoms with Crippen LogP contribution in [0, 0.1) is 0 Å². The predicted octanol–water partition coefficient (Wildman–Crippen LogP) is 2.76. The smallest absolute Gasteiger partial charge is 0.244 e. The van der Waals surface area contributed by atoms with Crippen molar-refractivity contribution in [3.63, 3.8) is 0 Å². The second-order valence-corrected chi connectivity index (χ2v) is 3.84. The van der Waals surface area contributed by atoms with Gasteiger partial charge in [-0.2, -0.15) is 0 Å². The summed E-state index contributed by atoms with van der Waals surface area (Å²) in [6, 6.07) is 7.74. The van der Waals surface area contributed by atoms with Crippen molar-refractivity contribution in [2.24, 2.45) is 0 Å². The highest BCUT2D eigenvalue weighted by Crippen LogP contribution is 2.12. The van der Waals surface area contributed by atoms with Crippen LogP contribution in [-0.2, 0) is 4.79 Å². The first-order valence-corrected chi connectivity index (χ1v) is 5.34. The fourth-order valence-corrected chi connectivity index (χ4v) is 1.43. The molecule has 0 heterocycles. The number of hydrogen-bond donors (Lipinski definition) is 1. The molecule has 15 heavy (non-hydrogen) atoms. The molecule has 1 rings (SSSR count). The SMILES string of the molecule is C=CCNC(=O)/C=C/c1cccc(Br)c1. The Morgan fingerprint density at radius 3 is 3.00 bits per heavy atom. The Hall–Kier alpha value is -1.35. The van der Waals surface area contributed by atoms with E-state index in [4.69, 9.17) is 0 Å². The Bertz CT molecular complexity index is 385. The van der Waals surface area contributed by atoms with E-state index in [1.165, 1.54) is 6.08 Å². The summed E-state index contributed by atoms with van der Waals surface area (Å²) in [5.74, 6) is -0.116. The van der Waals surface area contributed by atoms with E-state index < -0.39 is 0 Å². The van der Waals surface area contributed by atoms with E-state index in [9.17, 15) is 4.79 Å². The number of benzene rings is 1. The van der Waals surface area contributed by atoms with Crippen molar-refractivity contribution < 1.29 is 4.79 Å². The molecule has 1 aromatic carbocycles. The molecule has 0 saturated carbocycles. The average molecular weight is 266 g/mol. The number of amides is 1. The van der Waals surface area contributed by atoms with Gasteiger partial charge in [0.25, 0.3) is 0 Å².